The zero-order chi connectivity index (χ0) is 25.1. The first-order valence-corrected chi connectivity index (χ1v) is 17.3. The number of aromatic amines is 2. The summed E-state index contributed by atoms with van der Waals surface area (Å²) in [4.78, 5) is 7.15. The van der Waals surface area contributed by atoms with Crippen molar-refractivity contribution in [1.82, 2.24) is 9.97 Å². The first-order valence-electron chi connectivity index (χ1n) is 12.9. The van der Waals surface area contributed by atoms with E-state index in [0.29, 0.717) is 33.2 Å². The summed E-state index contributed by atoms with van der Waals surface area (Å²) >= 11 is 0. The smallest absolute Gasteiger partial charge is 0.525 e. The molecule has 2 aromatic rings. The van der Waals surface area contributed by atoms with Crippen LogP contribution >= 0.6 is 0 Å². The number of hydrogen-bond donors (Lipinski definition) is 2. The van der Waals surface area contributed by atoms with Crippen molar-refractivity contribution in [2.75, 3.05) is 0 Å². The molecule has 0 amide bonds. The lowest BCUT2D eigenvalue weighted by Crippen LogP contribution is -2.57. The van der Waals surface area contributed by atoms with Crippen molar-refractivity contribution in [3.05, 3.63) is 24.5 Å². The molecule has 0 bridgehead atoms. The van der Waals surface area contributed by atoms with Crippen LogP contribution in [0.1, 0.15) is 83.1 Å². The monoisotopic (exact) mass is 487 g/mol. The van der Waals surface area contributed by atoms with Gasteiger partial charge in [-0.15, -0.1) is 0 Å². The Morgan fingerprint density at radius 3 is 1.06 bits per heavy atom. The van der Waals surface area contributed by atoms with Crippen LogP contribution in [0.5, 0.6) is 11.5 Å². The average Bonchev–Trinajstić information content (AvgIpc) is 3.32. The average molecular weight is 488 g/mol. The van der Waals surface area contributed by atoms with Crippen molar-refractivity contribution >= 4 is 34.5 Å². The molecule has 185 valence electrons. The number of hydrogen-bond acceptors (Lipinski definition) is 2. The van der Waals surface area contributed by atoms with Gasteiger partial charge in [0.1, 0.15) is 27.6 Å². The van der Waals surface area contributed by atoms with E-state index in [4.69, 9.17) is 9.31 Å². The molecule has 0 aliphatic carbocycles. The zero-order valence-corrected chi connectivity index (χ0v) is 25.2. The fraction of sp³-hybridized carbons (Fsp3) is 0.692. The molecular formula is C26H48BN2O2Si2. The lowest BCUT2D eigenvalue weighted by atomic mass is 10.3. The summed E-state index contributed by atoms with van der Waals surface area (Å²) in [6.07, 6.45) is 4.03. The molecule has 0 fully saturated rings. The summed E-state index contributed by atoms with van der Waals surface area (Å²) in [5.41, 5.74) is 3.61. The maximum Gasteiger partial charge on any atom is 0.658 e. The normalized spacial score (nSPS) is 13.3. The molecule has 2 N–H and O–H groups in total. The van der Waals surface area contributed by atoms with Crippen molar-refractivity contribution in [2.24, 2.45) is 0 Å². The maximum atomic E-state index is 6.21. The molecule has 0 saturated carbocycles. The van der Waals surface area contributed by atoms with Crippen LogP contribution in [-0.4, -0.2) is 33.8 Å². The third-order valence-electron chi connectivity index (χ3n) is 8.37. The summed E-state index contributed by atoms with van der Waals surface area (Å²) in [7, 11) is -2.17. The van der Waals surface area contributed by atoms with E-state index in [9.17, 15) is 0 Å². The minimum Gasteiger partial charge on any atom is -0.525 e. The molecule has 0 spiro atoms. The van der Waals surface area contributed by atoms with E-state index in [1.165, 1.54) is 10.6 Å². The van der Waals surface area contributed by atoms with Gasteiger partial charge in [0.05, 0.1) is 0 Å². The lowest BCUT2D eigenvalue weighted by Gasteiger charge is -2.43. The molecule has 1 radical (unpaired) electrons. The standard InChI is InChI=1S/C26H48BN2O2Si2/c1-17(2)32(18(3)4,19(5)6)25-23(13-15-28-25)30-27-31-24-14-16-29-26(24)33(20(7)8,21(9)10)22(11)12/h13-22,28-29H,1-12H3. The summed E-state index contributed by atoms with van der Waals surface area (Å²) in [5.74, 6) is 1.82. The zero-order valence-electron chi connectivity index (χ0n) is 23.2. The molecular weight excluding hydrogens is 439 g/mol. The molecule has 2 aromatic heterocycles. The van der Waals surface area contributed by atoms with Crippen LogP contribution in [0.4, 0.5) is 0 Å². The molecule has 33 heavy (non-hydrogen) atoms. The second-order valence-corrected chi connectivity index (χ2v) is 23.2. The molecule has 0 saturated heterocycles. The van der Waals surface area contributed by atoms with Gasteiger partial charge in [0.15, 0.2) is 0 Å². The number of nitrogens with one attached hydrogen (secondary N) is 2. The van der Waals surface area contributed by atoms with Crippen LogP contribution in [-0.2, 0) is 0 Å². The Hall–Kier alpha value is -1.34. The molecule has 0 atom stereocenters. The van der Waals surface area contributed by atoms with Crippen molar-refractivity contribution in [3.63, 3.8) is 0 Å². The highest BCUT2D eigenvalue weighted by atomic mass is 28.3. The van der Waals surface area contributed by atoms with E-state index < -0.39 is 16.1 Å². The Kier molecular flexibility index (Phi) is 9.25. The largest absolute Gasteiger partial charge is 0.658 e. The Labute approximate surface area is 206 Å². The van der Waals surface area contributed by atoms with Gasteiger partial charge in [0, 0.05) is 23.0 Å². The first kappa shape index (κ1) is 27.9. The molecule has 2 heterocycles. The summed E-state index contributed by atoms with van der Waals surface area (Å²) in [6.45, 7) is 28.5. The van der Waals surface area contributed by atoms with Gasteiger partial charge >= 0.3 is 7.69 Å². The van der Waals surface area contributed by atoms with Crippen LogP contribution in [0.15, 0.2) is 24.5 Å². The molecule has 0 aliphatic rings. The van der Waals surface area contributed by atoms with Crippen molar-refractivity contribution < 1.29 is 9.31 Å². The Morgan fingerprint density at radius 2 is 0.818 bits per heavy atom. The highest BCUT2D eigenvalue weighted by Crippen LogP contribution is 2.43. The summed E-state index contributed by atoms with van der Waals surface area (Å²) < 4.78 is 12.4. The quantitative estimate of drug-likeness (QED) is 0.314. The predicted octanol–water partition coefficient (Wildman–Crippen LogP) is 7.11. The van der Waals surface area contributed by atoms with Gasteiger partial charge in [-0.1, -0.05) is 83.1 Å². The summed E-state index contributed by atoms with van der Waals surface area (Å²) in [5, 5.41) is 2.60. The molecule has 2 rings (SSSR count). The van der Waals surface area contributed by atoms with Crippen LogP contribution in [0.3, 0.4) is 0 Å². The Balaban J connectivity index is 2.32. The molecule has 0 aliphatic heterocycles. The predicted molar refractivity (Wildman–Crippen MR) is 150 cm³/mol. The van der Waals surface area contributed by atoms with Gasteiger partial charge in [0.2, 0.25) is 0 Å². The van der Waals surface area contributed by atoms with Crippen molar-refractivity contribution in [1.29, 1.82) is 0 Å². The highest BCUT2D eigenvalue weighted by molar-refractivity contribution is 6.95. The van der Waals surface area contributed by atoms with Crippen molar-refractivity contribution in [2.45, 2.75) is 116 Å². The Morgan fingerprint density at radius 1 is 0.545 bits per heavy atom. The minimum atomic E-state index is -1.85. The van der Waals surface area contributed by atoms with Crippen LogP contribution < -0.4 is 19.9 Å². The van der Waals surface area contributed by atoms with E-state index in [-0.39, 0.29) is 0 Å². The van der Waals surface area contributed by atoms with Gasteiger partial charge in [-0.25, -0.2) is 0 Å². The van der Waals surface area contributed by atoms with E-state index in [1.807, 2.05) is 12.4 Å². The SMILES string of the molecule is CC(C)[Si](c1[nH]ccc1O[B]Oc1cc[nH]c1[Si](C(C)C)(C(C)C)C(C)C)(C(C)C)C(C)C. The van der Waals surface area contributed by atoms with Gasteiger partial charge in [-0.3, -0.25) is 0 Å². The second-order valence-electron chi connectivity index (χ2n) is 11.6. The Bertz CT molecular complexity index is 757. The van der Waals surface area contributed by atoms with Crippen LogP contribution in [0, 0.1) is 0 Å². The lowest BCUT2D eigenvalue weighted by molar-refractivity contribution is 0.463. The molecule has 0 aromatic carbocycles. The van der Waals surface area contributed by atoms with Gasteiger partial charge in [-0.05, 0) is 45.4 Å². The van der Waals surface area contributed by atoms with Gasteiger partial charge in [-0.2, -0.15) is 0 Å². The van der Waals surface area contributed by atoms with Crippen LogP contribution in [0.2, 0.25) is 33.2 Å². The van der Waals surface area contributed by atoms with Crippen LogP contribution in [0.25, 0.3) is 0 Å². The molecule has 0 unspecified atom stereocenters. The molecule has 7 heteroatoms. The van der Waals surface area contributed by atoms with Gasteiger partial charge in [0.25, 0.3) is 0 Å². The molecule has 4 nitrogen and oxygen atoms in total. The minimum absolute atomic E-state index is 0.602. The van der Waals surface area contributed by atoms with E-state index >= 15 is 0 Å². The number of H-pyrrole nitrogens is 2. The van der Waals surface area contributed by atoms with E-state index in [0.717, 1.165) is 11.5 Å². The second kappa shape index (κ2) is 10.9. The number of aromatic nitrogens is 2. The van der Waals surface area contributed by atoms with E-state index in [1.54, 1.807) is 7.69 Å². The first-order chi connectivity index (χ1) is 15.4. The topological polar surface area (TPSA) is 50.0 Å². The van der Waals surface area contributed by atoms with E-state index in [2.05, 4.69) is 105 Å². The third-order valence-corrected chi connectivity index (χ3v) is 22.3. The third kappa shape index (κ3) is 4.77. The van der Waals surface area contributed by atoms with Crippen molar-refractivity contribution in [3.8, 4) is 11.5 Å². The fourth-order valence-electron chi connectivity index (χ4n) is 7.44. The highest BCUT2D eigenvalue weighted by Gasteiger charge is 2.48. The fourth-order valence-corrected chi connectivity index (χ4v) is 20.7. The maximum absolute atomic E-state index is 6.21. The summed E-state index contributed by atoms with van der Waals surface area (Å²) in [6, 6.07) is 4.11. The number of rotatable bonds is 12. The van der Waals surface area contributed by atoms with Gasteiger partial charge < -0.3 is 19.3 Å².